The van der Waals surface area contributed by atoms with Crippen LogP contribution in [0, 0.1) is 0 Å². The zero-order valence-corrected chi connectivity index (χ0v) is 11.1. The van der Waals surface area contributed by atoms with Gasteiger partial charge in [-0.15, -0.1) is 5.10 Å². The number of aryl methyl sites for hydroxylation is 1. The van der Waals surface area contributed by atoms with E-state index >= 15 is 0 Å². The Balaban J connectivity index is 1.74. The monoisotopic (exact) mass is 269 g/mol. The molecule has 0 radical (unpaired) electrons. The maximum Gasteiger partial charge on any atom is 0.143 e. The van der Waals surface area contributed by atoms with Crippen LogP contribution in [0.15, 0.2) is 42.9 Å². The summed E-state index contributed by atoms with van der Waals surface area (Å²) in [4.78, 5) is 0. The maximum absolute atomic E-state index is 4.25. The summed E-state index contributed by atoms with van der Waals surface area (Å²) in [5, 5.41) is 18.8. The first kappa shape index (κ1) is 12.3. The molecule has 7 nitrogen and oxygen atoms in total. The molecule has 0 bridgehead atoms. The lowest BCUT2D eigenvalue weighted by molar-refractivity contribution is 0.627. The van der Waals surface area contributed by atoms with Gasteiger partial charge in [0.05, 0.1) is 17.9 Å². The average molecular weight is 269 g/mol. The highest BCUT2D eigenvalue weighted by Gasteiger charge is 2.02. The second kappa shape index (κ2) is 5.52. The summed E-state index contributed by atoms with van der Waals surface area (Å²) in [5.41, 5.74) is 3.09. The fourth-order valence-corrected chi connectivity index (χ4v) is 2.03. The lowest BCUT2D eigenvalue weighted by atomic mass is 10.2. The van der Waals surface area contributed by atoms with Gasteiger partial charge in [0.25, 0.3) is 0 Å². The highest BCUT2D eigenvalue weighted by Crippen LogP contribution is 2.14. The highest BCUT2D eigenvalue weighted by molar-refractivity contribution is 5.50. The van der Waals surface area contributed by atoms with Crippen molar-refractivity contribution in [3.05, 3.63) is 48.5 Å². The molecule has 0 aliphatic heterocycles. The van der Waals surface area contributed by atoms with E-state index in [-0.39, 0.29) is 0 Å². The van der Waals surface area contributed by atoms with Crippen molar-refractivity contribution < 1.29 is 0 Å². The molecule has 102 valence electrons. The number of rotatable bonds is 5. The third-order valence-electron chi connectivity index (χ3n) is 3.04. The van der Waals surface area contributed by atoms with E-state index in [4.69, 9.17) is 0 Å². The number of aromatic nitrogens is 6. The first-order valence-corrected chi connectivity index (χ1v) is 6.45. The molecule has 3 rings (SSSR count). The zero-order chi connectivity index (χ0) is 13.8. The standard InChI is InChI=1S/C13H15N7/c1-2-19-13(6-7-16-19)9-14-11-4-3-5-12(8-11)20-10-15-17-18-20/h3-8,10,14H,2,9H2,1H3. The average Bonchev–Trinajstić information content (AvgIpc) is 3.16. The summed E-state index contributed by atoms with van der Waals surface area (Å²) in [6.45, 7) is 3.68. The molecule has 1 aromatic carbocycles. The molecule has 0 aliphatic carbocycles. The van der Waals surface area contributed by atoms with E-state index in [1.807, 2.05) is 41.2 Å². The highest BCUT2D eigenvalue weighted by atomic mass is 15.5. The number of nitrogens with zero attached hydrogens (tertiary/aromatic N) is 6. The summed E-state index contributed by atoms with van der Waals surface area (Å²) in [5.74, 6) is 0. The molecule has 0 saturated heterocycles. The van der Waals surface area contributed by atoms with Gasteiger partial charge in [-0.1, -0.05) is 6.07 Å². The number of hydrogen-bond acceptors (Lipinski definition) is 5. The Hall–Kier alpha value is -2.70. The Morgan fingerprint density at radius 2 is 2.20 bits per heavy atom. The van der Waals surface area contributed by atoms with Crippen molar-refractivity contribution in [3.8, 4) is 5.69 Å². The van der Waals surface area contributed by atoms with Crippen molar-refractivity contribution in [2.24, 2.45) is 0 Å². The normalized spacial score (nSPS) is 10.7. The SMILES string of the molecule is CCn1nccc1CNc1cccc(-n2cnnn2)c1. The van der Waals surface area contributed by atoms with Gasteiger partial charge in [-0.25, -0.2) is 4.68 Å². The first-order chi connectivity index (χ1) is 9.86. The van der Waals surface area contributed by atoms with Crippen molar-refractivity contribution in [3.63, 3.8) is 0 Å². The molecule has 0 saturated carbocycles. The zero-order valence-electron chi connectivity index (χ0n) is 11.1. The van der Waals surface area contributed by atoms with Gasteiger partial charge in [0, 0.05) is 18.4 Å². The Kier molecular flexibility index (Phi) is 3.40. The fourth-order valence-electron chi connectivity index (χ4n) is 2.03. The summed E-state index contributed by atoms with van der Waals surface area (Å²) in [6, 6.07) is 9.96. The molecule has 2 aromatic heterocycles. The Morgan fingerprint density at radius 1 is 1.25 bits per heavy atom. The number of anilines is 1. The van der Waals surface area contributed by atoms with Crippen LogP contribution in [-0.4, -0.2) is 30.0 Å². The van der Waals surface area contributed by atoms with Gasteiger partial charge in [0.1, 0.15) is 6.33 Å². The van der Waals surface area contributed by atoms with Crippen molar-refractivity contribution in [1.29, 1.82) is 0 Å². The molecule has 0 fully saturated rings. The molecular weight excluding hydrogens is 254 g/mol. The van der Waals surface area contributed by atoms with Crippen LogP contribution in [0.2, 0.25) is 0 Å². The minimum atomic E-state index is 0.729. The van der Waals surface area contributed by atoms with Crippen LogP contribution in [0.3, 0.4) is 0 Å². The molecule has 20 heavy (non-hydrogen) atoms. The van der Waals surface area contributed by atoms with E-state index in [0.29, 0.717) is 0 Å². The summed E-state index contributed by atoms with van der Waals surface area (Å²) < 4.78 is 3.60. The minimum Gasteiger partial charge on any atom is -0.379 e. The number of hydrogen-bond donors (Lipinski definition) is 1. The molecule has 3 aromatic rings. The van der Waals surface area contributed by atoms with Gasteiger partial charge in [0.15, 0.2) is 0 Å². The molecule has 2 heterocycles. The van der Waals surface area contributed by atoms with E-state index in [1.54, 1.807) is 11.0 Å². The van der Waals surface area contributed by atoms with Gasteiger partial charge in [-0.05, 0) is 41.6 Å². The Labute approximate surface area is 116 Å². The van der Waals surface area contributed by atoms with E-state index < -0.39 is 0 Å². The third kappa shape index (κ3) is 2.51. The molecular formula is C13H15N7. The van der Waals surface area contributed by atoms with E-state index in [9.17, 15) is 0 Å². The molecule has 0 spiro atoms. The van der Waals surface area contributed by atoms with Crippen molar-refractivity contribution >= 4 is 5.69 Å². The molecule has 0 atom stereocenters. The van der Waals surface area contributed by atoms with Crippen molar-refractivity contribution in [1.82, 2.24) is 30.0 Å². The van der Waals surface area contributed by atoms with Gasteiger partial charge in [0.2, 0.25) is 0 Å². The van der Waals surface area contributed by atoms with Crippen LogP contribution in [0.4, 0.5) is 5.69 Å². The third-order valence-corrected chi connectivity index (χ3v) is 3.04. The van der Waals surface area contributed by atoms with Crippen molar-refractivity contribution in [2.45, 2.75) is 20.0 Å². The fraction of sp³-hybridized carbons (Fsp3) is 0.231. The maximum atomic E-state index is 4.25. The quantitative estimate of drug-likeness (QED) is 0.759. The number of nitrogens with one attached hydrogen (secondary N) is 1. The Morgan fingerprint density at radius 3 is 3.00 bits per heavy atom. The van der Waals surface area contributed by atoms with Gasteiger partial charge in [-0.2, -0.15) is 5.10 Å². The smallest absolute Gasteiger partial charge is 0.143 e. The predicted octanol–water partition coefficient (Wildman–Crippen LogP) is 1.49. The lowest BCUT2D eigenvalue weighted by Gasteiger charge is -2.09. The number of benzene rings is 1. The molecule has 7 heteroatoms. The molecule has 1 N–H and O–H groups in total. The van der Waals surface area contributed by atoms with E-state index in [1.165, 1.54) is 0 Å². The largest absolute Gasteiger partial charge is 0.379 e. The molecule has 0 unspecified atom stereocenters. The lowest BCUT2D eigenvalue weighted by Crippen LogP contribution is -2.08. The Bertz CT molecular complexity index is 672. The second-order valence-electron chi connectivity index (χ2n) is 4.30. The molecule has 0 amide bonds. The molecule has 0 aliphatic rings. The number of tetrazole rings is 1. The summed E-state index contributed by atoms with van der Waals surface area (Å²) >= 11 is 0. The van der Waals surface area contributed by atoms with Crippen LogP contribution >= 0.6 is 0 Å². The second-order valence-corrected chi connectivity index (χ2v) is 4.30. The summed E-state index contributed by atoms with van der Waals surface area (Å²) in [7, 11) is 0. The minimum absolute atomic E-state index is 0.729. The van der Waals surface area contributed by atoms with Gasteiger partial charge >= 0.3 is 0 Å². The predicted molar refractivity (Wildman–Crippen MR) is 74.4 cm³/mol. The van der Waals surface area contributed by atoms with Crippen LogP contribution in [0.1, 0.15) is 12.6 Å². The first-order valence-electron chi connectivity index (χ1n) is 6.45. The van der Waals surface area contributed by atoms with Gasteiger partial charge < -0.3 is 5.32 Å². The van der Waals surface area contributed by atoms with Crippen LogP contribution < -0.4 is 5.32 Å². The topological polar surface area (TPSA) is 73.5 Å². The van der Waals surface area contributed by atoms with Gasteiger partial charge in [-0.3, -0.25) is 4.68 Å². The van der Waals surface area contributed by atoms with Crippen molar-refractivity contribution in [2.75, 3.05) is 5.32 Å². The van der Waals surface area contributed by atoms with Crippen LogP contribution in [-0.2, 0) is 13.1 Å². The van der Waals surface area contributed by atoms with Crippen LogP contribution in [0.5, 0.6) is 0 Å². The summed E-state index contributed by atoms with van der Waals surface area (Å²) in [6.07, 6.45) is 3.39. The van der Waals surface area contributed by atoms with Crippen LogP contribution in [0.25, 0.3) is 5.69 Å². The van der Waals surface area contributed by atoms with E-state index in [0.717, 1.165) is 30.2 Å². The van der Waals surface area contributed by atoms with E-state index in [2.05, 4.69) is 32.9 Å².